The first kappa shape index (κ1) is 26.0. The van der Waals surface area contributed by atoms with E-state index in [1.165, 1.54) is 0 Å². The molecule has 0 aromatic heterocycles. The molecule has 0 bridgehead atoms. The molecule has 38 heavy (non-hydrogen) atoms. The van der Waals surface area contributed by atoms with Crippen LogP contribution in [-0.4, -0.2) is 47.6 Å². The number of aliphatic imine (C=N–C) groups is 1. The number of nitrogens with one attached hydrogen (secondary N) is 3. The molecule has 3 N–H and O–H groups in total. The molecule has 5 rings (SSSR count). The number of amides is 2. The number of methoxy groups -OCH3 is 1. The van der Waals surface area contributed by atoms with Crippen LogP contribution >= 0.6 is 11.6 Å². The number of hydrogen-bond donors (Lipinski definition) is 3. The highest BCUT2D eigenvalue weighted by atomic mass is 35.5. The van der Waals surface area contributed by atoms with Crippen molar-refractivity contribution in [1.82, 2.24) is 10.2 Å². The molecule has 0 saturated heterocycles. The van der Waals surface area contributed by atoms with Gasteiger partial charge >= 0.3 is 0 Å². The summed E-state index contributed by atoms with van der Waals surface area (Å²) in [6.07, 6.45) is 6.88. The van der Waals surface area contributed by atoms with Crippen molar-refractivity contribution in [1.29, 1.82) is 10.9 Å². The summed E-state index contributed by atoms with van der Waals surface area (Å²) in [6, 6.07) is 12.6. The molecule has 9 nitrogen and oxygen atoms in total. The zero-order valence-corrected chi connectivity index (χ0v) is 22.1. The van der Waals surface area contributed by atoms with Gasteiger partial charge in [-0.15, -0.1) is 5.11 Å². The zero-order valence-electron chi connectivity index (χ0n) is 21.3. The van der Waals surface area contributed by atoms with Gasteiger partial charge in [-0.1, -0.05) is 30.2 Å². The van der Waals surface area contributed by atoms with E-state index in [-0.39, 0.29) is 30.2 Å². The smallest absolute Gasteiger partial charge is 0.275 e. The van der Waals surface area contributed by atoms with Crippen LogP contribution in [0.25, 0.3) is 0 Å². The average molecular weight is 535 g/mol. The Hall–Kier alpha value is -3.59. The van der Waals surface area contributed by atoms with Crippen molar-refractivity contribution in [3.63, 3.8) is 0 Å². The molecule has 2 aromatic rings. The third-order valence-electron chi connectivity index (χ3n) is 7.68. The van der Waals surface area contributed by atoms with E-state index >= 15 is 0 Å². The van der Waals surface area contributed by atoms with Crippen LogP contribution in [0, 0.1) is 16.9 Å². The molecule has 1 spiro atoms. The number of halogens is 1. The SMILES string of the molecule is COc1ccc(C2=NC3(CCCCC3)N([C@@H](c3ccc(C(=O)NCC(=N)N=N)cc3)C3CC3)C2=O)cc1Cl. The summed E-state index contributed by atoms with van der Waals surface area (Å²) in [6.45, 7) is -0.102. The lowest BCUT2D eigenvalue weighted by atomic mass is 9.86. The molecular formula is C28H31ClN6O3. The van der Waals surface area contributed by atoms with Crippen molar-refractivity contribution in [2.45, 2.75) is 56.7 Å². The van der Waals surface area contributed by atoms with E-state index in [0.29, 0.717) is 33.5 Å². The lowest BCUT2D eigenvalue weighted by Gasteiger charge is -2.44. The molecule has 2 aliphatic carbocycles. The van der Waals surface area contributed by atoms with Crippen LogP contribution in [0.2, 0.25) is 5.02 Å². The lowest BCUT2D eigenvalue weighted by molar-refractivity contribution is -0.133. The minimum Gasteiger partial charge on any atom is -0.495 e. The van der Waals surface area contributed by atoms with Crippen LogP contribution in [0.4, 0.5) is 0 Å². The third-order valence-corrected chi connectivity index (χ3v) is 7.98. The van der Waals surface area contributed by atoms with Crippen molar-refractivity contribution < 1.29 is 14.3 Å². The Morgan fingerprint density at radius 2 is 1.92 bits per heavy atom. The second-order valence-electron chi connectivity index (χ2n) is 10.2. The van der Waals surface area contributed by atoms with Crippen LogP contribution in [0.15, 0.2) is 52.6 Å². The van der Waals surface area contributed by atoms with E-state index in [1.54, 1.807) is 31.4 Å². The Morgan fingerprint density at radius 1 is 1.21 bits per heavy atom. The van der Waals surface area contributed by atoms with Crippen molar-refractivity contribution >= 4 is 35.0 Å². The number of rotatable bonds is 8. The van der Waals surface area contributed by atoms with Gasteiger partial charge in [0, 0.05) is 11.1 Å². The summed E-state index contributed by atoms with van der Waals surface area (Å²) in [5.74, 6) is 0.255. The predicted octanol–water partition coefficient (Wildman–Crippen LogP) is 5.53. The van der Waals surface area contributed by atoms with Crippen LogP contribution in [0.5, 0.6) is 5.75 Å². The molecule has 10 heteroatoms. The van der Waals surface area contributed by atoms with Crippen molar-refractivity contribution in [3.05, 3.63) is 64.2 Å². The topological polar surface area (TPSA) is 131 Å². The monoisotopic (exact) mass is 534 g/mol. The lowest BCUT2D eigenvalue weighted by Crippen LogP contribution is -2.50. The minimum atomic E-state index is -0.583. The number of amidine groups is 1. The second kappa shape index (κ2) is 10.6. The fraction of sp³-hybridized carbons (Fsp3) is 0.429. The van der Waals surface area contributed by atoms with E-state index in [4.69, 9.17) is 32.3 Å². The molecule has 1 aliphatic heterocycles. The molecule has 1 heterocycles. The molecule has 1 atom stereocenters. The minimum absolute atomic E-state index is 0.0792. The predicted molar refractivity (Wildman–Crippen MR) is 144 cm³/mol. The maximum Gasteiger partial charge on any atom is 0.275 e. The molecule has 2 aromatic carbocycles. The number of hydrogen-bond acceptors (Lipinski definition) is 6. The molecule has 3 aliphatic rings. The van der Waals surface area contributed by atoms with E-state index in [2.05, 4.69) is 10.4 Å². The highest BCUT2D eigenvalue weighted by Crippen LogP contribution is 2.52. The molecule has 0 unspecified atom stereocenters. The summed E-state index contributed by atoms with van der Waals surface area (Å²) in [4.78, 5) is 33.8. The highest BCUT2D eigenvalue weighted by Gasteiger charge is 2.53. The Morgan fingerprint density at radius 3 is 2.53 bits per heavy atom. The first-order chi connectivity index (χ1) is 18.4. The van der Waals surface area contributed by atoms with Gasteiger partial charge in [0.15, 0.2) is 5.84 Å². The number of carbonyl (C=O) groups is 2. The standard InChI is InChI=1S/C28H31ClN6O3/c1-38-22-12-11-20(15-21(22)29)24-27(37)35(28(33-24)13-3-2-4-14-28)25(17-5-6-17)18-7-9-19(10-8-18)26(36)32-16-23(30)34-31/h7-12,15,17,25,30-31H,2-6,13-14,16H2,1H3,(H,32,36)/t25-/m1/s1. The largest absolute Gasteiger partial charge is 0.495 e. The van der Waals surface area contributed by atoms with Gasteiger partial charge in [-0.2, -0.15) is 0 Å². The first-order valence-electron chi connectivity index (χ1n) is 13.0. The molecule has 2 amide bonds. The van der Waals surface area contributed by atoms with Gasteiger partial charge < -0.3 is 15.0 Å². The van der Waals surface area contributed by atoms with Gasteiger partial charge in [0.2, 0.25) is 0 Å². The number of ether oxygens (including phenoxy) is 1. The van der Waals surface area contributed by atoms with Crippen molar-refractivity contribution in [2.75, 3.05) is 13.7 Å². The number of benzene rings is 2. The molecule has 2 saturated carbocycles. The first-order valence-corrected chi connectivity index (χ1v) is 13.3. The Balaban J connectivity index is 1.47. The van der Waals surface area contributed by atoms with Gasteiger partial charge in [0.25, 0.3) is 11.8 Å². The van der Waals surface area contributed by atoms with E-state index in [1.807, 2.05) is 23.1 Å². The fourth-order valence-corrected chi connectivity index (χ4v) is 5.91. The van der Waals surface area contributed by atoms with E-state index in [0.717, 1.165) is 50.5 Å². The average Bonchev–Trinajstić information content (AvgIpc) is 3.74. The van der Waals surface area contributed by atoms with Crippen molar-refractivity contribution in [3.8, 4) is 5.75 Å². The summed E-state index contributed by atoms with van der Waals surface area (Å²) >= 11 is 6.41. The van der Waals surface area contributed by atoms with Crippen LogP contribution < -0.4 is 10.1 Å². The summed E-state index contributed by atoms with van der Waals surface area (Å²) in [7, 11) is 1.56. The van der Waals surface area contributed by atoms with Crippen LogP contribution in [0.1, 0.15) is 72.5 Å². The van der Waals surface area contributed by atoms with Crippen LogP contribution in [-0.2, 0) is 4.79 Å². The quantitative estimate of drug-likeness (QED) is 0.234. The molecule has 0 radical (unpaired) electrons. The molecular weight excluding hydrogens is 504 g/mol. The van der Waals surface area contributed by atoms with Gasteiger partial charge in [0.05, 0.1) is 24.7 Å². The highest BCUT2D eigenvalue weighted by molar-refractivity contribution is 6.47. The molecule has 198 valence electrons. The maximum absolute atomic E-state index is 14.2. The van der Waals surface area contributed by atoms with Crippen LogP contribution in [0.3, 0.4) is 0 Å². The van der Waals surface area contributed by atoms with Gasteiger partial charge in [0.1, 0.15) is 17.1 Å². The Labute approximate surface area is 226 Å². The zero-order chi connectivity index (χ0) is 26.9. The van der Waals surface area contributed by atoms with Gasteiger partial charge in [-0.25, -0.2) is 5.53 Å². The maximum atomic E-state index is 14.2. The fourth-order valence-electron chi connectivity index (χ4n) is 5.65. The second-order valence-corrected chi connectivity index (χ2v) is 10.6. The van der Waals surface area contributed by atoms with Crippen molar-refractivity contribution in [2.24, 2.45) is 16.0 Å². The van der Waals surface area contributed by atoms with E-state index in [9.17, 15) is 9.59 Å². The summed E-state index contributed by atoms with van der Waals surface area (Å²) < 4.78 is 5.30. The Kier molecular flexibility index (Phi) is 7.29. The van der Waals surface area contributed by atoms with Gasteiger partial charge in [-0.3, -0.25) is 20.0 Å². The third kappa shape index (κ3) is 4.95. The summed E-state index contributed by atoms with van der Waals surface area (Å²) in [5, 5.41) is 13.5. The molecule has 2 fully saturated rings. The number of carbonyl (C=O) groups excluding carboxylic acids is 2. The van der Waals surface area contributed by atoms with E-state index < -0.39 is 5.66 Å². The Bertz CT molecular complexity index is 1300. The van der Waals surface area contributed by atoms with Gasteiger partial charge in [-0.05, 0) is 80.3 Å². The number of nitrogens with zero attached hydrogens (tertiary/aromatic N) is 3. The summed E-state index contributed by atoms with van der Waals surface area (Å²) in [5.41, 5.74) is 8.85. The normalized spacial score (nSPS) is 19.2.